The number of aromatic nitrogens is 1. The zero-order valence-corrected chi connectivity index (χ0v) is 13.4. The largest absolute Gasteiger partial charge is 0.366 e. The van der Waals surface area contributed by atoms with Gasteiger partial charge in [-0.2, -0.15) is 0 Å². The average molecular weight is 319 g/mol. The number of pyridine rings is 1. The summed E-state index contributed by atoms with van der Waals surface area (Å²) in [5.41, 5.74) is 1.84. The van der Waals surface area contributed by atoms with Gasteiger partial charge in [0.25, 0.3) is 0 Å². The Balaban J connectivity index is 1.93. The van der Waals surface area contributed by atoms with Crippen LogP contribution >= 0.6 is 11.6 Å². The van der Waals surface area contributed by atoms with E-state index in [1.165, 1.54) is 0 Å². The first-order chi connectivity index (χ1) is 10.5. The van der Waals surface area contributed by atoms with Crippen molar-refractivity contribution in [2.45, 2.75) is 6.54 Å². The third kappa shape index (κ3) is 5.35. The highest BCUT2D eigenvalue weighted by molar-refractivity contribution is 6.30. The first kappa shape index (κ1) is 16.3. The van der Waals surface area contributed by atoms with Crippen molar-refractivity contribution < 1.29 is 4.79 Å². The molecule has 5 nitrogen and oxygen atoms in total. The molecule has 0 aliphatic rings. The number of nitrogens with zero attached hydrogens (tertiary/aromatic N) is 2. The number of hydrogen-bond donors (Lipinski definition) is 2. The number of anilines is 2. The standard InChI is InChI=1S/C16H19ClN4O/c1-21(2)11-16(22)20-14-5-3-4-12(8-14)9-18-15-7-6-13(17)10-19-15/h3-8,10H,9,11H2,1-2H3,(H,18,19)(H,20,22). The summed E-state index contributed by atoms with van der Waals surface area (Å²) in [6, 6.07) is 11.3. The normalized spacial score (nSPS) is 10.5. The van der Waals surface area contributed by atoms with E-state index >= 15 is 0 Å². The van der Waals surface area contributed by atoms with Crippen LogP contribution in [0.3, 0.4) is 0 Å². The van der Waals surface area contributed by atoms with Gasteiger partial charge in [0.15, 0.2) is 0 Å². The number of amides is 1. The topological polar surface area (TPSA) is 57.3 Å². The number of carbonyl (C=O) groups is 1. The molecule has 116 valence electrons. The van der Waals surface area contributed by atoms with E-state index in [-0.39, 0.29) is 5.91 Å². The second kappa shape index (κ2) is 7.77. The number of carbonyl (C=O) groups excluding carboxylic acids is 1. The minimum atomic E-state index is -0.0329. The van der Waals surface area contributed by atoms with Crippen molar-refractivity contribution in [1.82, 2.24) is 9.88 Å². The van der Waals surface area contributed by atoms with Gasteiger partial charge in [0.2, 0.25) is 5.91 Å². The van der Waals surface area contributed by atoms with E-state index in [2.05, 4.69) is 15.6 Å². The fraction of sp³-hybridized carbons (Fsp3) is 0.250. The summed E-state index contributed by atoms with van der Waals surface area (Å²) in [5, 5.41) is 6.70. The zero-order valence-electron chi connectivity index (χ0n) is 12.6. The SMILES string of the molecule is CN(C)CC(=O)Nc1cccc(CNc2ccc(Cl)cn2)c1. The van der Waals surface area contributed by atoms with Crippen molar-refractivity contribution in [3.05, 3.63) is 53.2 Å². The fourth-order valence-corrected chi connectivity index (χ4v) is 2.03. The minimum Gasteiger partial charge on any atom is -0.366 e. The van der Waals surface area contributed by atoms with Crippen LogP contribution in [0.25, 0.3) is 0 Å². The van der Waals surface area contributed by atoms with Gasteiger partial charge in [-0.05, 0) is 43.9 Å². The van der Waals surface area contributed by atoms with Crippen LogP contribution in [0.5, 0.6) is 0 Å². The predicted octanol–water partition coefficient (Wildman–Crippen LogP) is 2.85. The molecule has 0 radical (unpaired) electrons. The number of rotatable bonds is 6. The van der Waals surface area contributed by atoms with E-state index in [9.17, 15) is 4.79 Å². The molecule has 0 unspecified atom stereocenters. The second-order valence-corrected chi connectivity index (χ2v) is 5.64. The lowest BCUT2D eigenvalue weighted by molar-refractivity contribution is -0.116. The molecular formula is C16H19ClN4O. The van der Waals surface area contributed by atoms with Gasteiger partial charge in [-0.1, -0.05) is 23.7 Å². The molecule has 6 heteroatoms. The van der Waals surface area contributed by atoms with Gasteiger partial charge in [-0.25, -0.2) is 4.98 Å². The number of nitrogens with one attached hydrogen (secondary N) is 2. The van der Waals surface area contributed by atoms with Crippen molar-refractivity contribution in [1.29, 1.82) is 0 Å². The molecule has 0 saturated heterocycles. The Labute approximate surface area is 135 Å². The lowest BCUT2D eigenvalue weighted by atomic mass is 10.2. The molecule has 0 aliphatic heterocycles. The van der Waals surface area contributed by atoms with Crippen LogP contribution in [0.1, 0.15) is 5.56 Å². The molecular weight excluding hydrogens is 300 g/mol. The summed E-state index contributed by atoms with van der Waals surface area (Å²) in [6.45, 7) is 0.975. The maximum absolute atomic E-state index is 11.8. The Morgan fingerprint density at radius 1 is 1.27 bits per heavy atom. The maximum atomic E-state index is 11.8. The van der Waals surface area contributed by atoms with E-state index in [1.807, 2.05) is 49.3 Å². The van der Waals surface area contributed by atoms with Crippen LogP contribution in [-0.4, -0.2) is 36.4 Å². The zero-order chi connectivity index (χ0) is 15.9. The third-order valence-electron chi connectivity index (χ3n) is 2.87. The van der Waals surface area contributed by atoms with E-state index in [0.717, 1.165) is 17.1 Å². The number of likely N-dealkylation sites (N-methyl/N-ethyl adjacent to an activating group) is 1. The van der Waals surface area contributed by atoms with E-state index in [0.29, 0.717) is 18.1 Å². The van der Waals surface area contributed by atoms with Crippen molar-refractivity contribution in [3.63, 3.8) is 0 Å². The lowest BCUT2D eigenvalue weighted by Crippen LogP contribution is -2.27. The molecule has 22 heavy (non-hydrogen) atoms. The Morgan fingerprint density at radius 2 is 2.09 bits per heavy atom. The van der Waals surface area contributed by atoms with Crippen molar-refractivity contribution in [2.75, 3.05) is 31.3 Å². The third-order valence-corrected chi connectivity index (χ3v) is 3.10. The fourth-order valence-electron chi connectivity index (χ4n) is 1.92. The summed E-state index contributed by atoms with van der Waals surface area (Å²) < 4.78 is 0. The molecule has 0 aliphatic carbocycles. The molecule has 1 heterocycles. The minimum absolute atomic E-state index is 0.0329. The van der Waals surface area contributed by atoms with Gasteiger partial charge in [-0.15, -0.1) is 0 Å². The quantitative estimate of drug-likeness (QED) is 0.860. The van der Waals surface area contributed by atoms with E-state index < -0.39 is 0 Å². The highest BCUT2D eigenvalue weighted by Crippen LogP contribution is 2.14. The van der Waals surface area contributed by atoms with Crippen LogP contribution in [0.4, 0.5) is 11.5 Å². The lowest BCUT2D eigenvalue weighted by Gasteiger charge is -2.11. The van der Waals surface area contributed by atoms with Gasteiger partial charge in [0.1, 0.15) is 5.82 Å². The summed E-state index contributed by atoms with van der Waals surface area (Å²) in [7, 11) is 3.72. The molecule has 1 aromatic carbocycles. The molecule has 0 bridgehead atoms. The molecule has 0 saturated carbocycles. The Morgan fingerprint density at radius 3 is 2.77 bits per heavy atom. The Kier molecular flexibility index (Phi) is 5.75. The van der Waals surface area contributed by atoms with Crippen LogP contribution in [-0.2, 0) is 11.3 Å². The van der Waals surface area contributed by atoms with Crippen LogP contribution in [0, 0.1) is 0 Å². The van der Waals surface area contributed by atoms with Crippen LogP contribution in [0.15, 0.2) is 42.6 Å². The number of benzene rings is 1. The maximum Gasteiger partial charge on any atom is 0.238 e. The van der Waals surface area contributed by atoms with Crippen LogP contribution in [0.2, 0.25) is 5.02 Å². The first-order valence-corrected chi connectivity index (χ1v) is 7.29. The predicted molar refractivity (Wildman–Crippen MR) is 90.2 cm³/mol. The van der Waals surface area contributed by atoms with Gasteiger partial charge in [0.05, 0.1) is 11.6 Å². The van der Waals surface area contributed by atoms with Gasteiger partial charge < -0.3 is 15.5 Å². The number of hydrogen-bond acceptors (Lipinski definition) is 4. The summed E-state index contributed by atoms with van der Waals surface area (Å²) in [6.07, 6.45) is 1.60. The molecule has 2 N–H and O–H groups in total. The van der Waals surface area contributed by atoms with Gasteiger partial charge >= 0.3 is 0 Å². The van der Waals surface area contributed by atoms with Crippen molar-refractivity contribution in [3.8, 4) is 0 Å². The molecule has 1 amide bonds. The summed E-state index contributed by atoms with van der Waals surface area (Å²) >= 11 is 5.80. The highest BCUT2D eigenvalue weighted by Gasteiger charge is 2.04. The molecule has 2 aromatic rings. The first-order valence-electron chi connectivity index (χ1n) is 6.92. The summed E-state index contributed by atoms with van der Waals surface area (Å²) in [4.78, 5) is 17.8. The Hall–Kier alpha value is -2.11. The molecule has 2 rings (SSSR count). The highest BCUT2D eigenvalue weighted by atomic mass is 35.5. The molecule has 0 fully saturated rings. The molecule has 0 spiro atoms. The van der Waals surface area contributed by atoms with Crippen molar-refractivity contribution >= 4 is 29.0 Å². The monoisotopic (exact) mass is 318 g/mol. The van der Waals surface area contributed by atoms with E-state index in [4.69, 9.17) is 11.6 Å². The smallest absolute Gasteiger partial charge is 0.238 e. The second-order valence-electron chi connectivity index (χ2n) is 5.20. The van der Waals surface area contributed by atoms with Crippen molar-refractivity contribution in [2.24, 2.45) is 0 Å². The average Bonchev–Trinajstić information content (AvgIpc) is 2.46. The van der Waals surface area contributed by atoms with Crippen LogP contribution < -0.4 is 10.6 Å². The molecule has 1 aromatic heterocycles. The van der Waals surface area contributed by atoms with Gasteiger partial charge in [0, 0.05) is 18.4 Å². The van der Waals surface area contributed by atoms with E-state index in [1.54, 1.807) is 12.3 Å². The number of halogens is 1. The summed E-state index contributed by atoms with van der Waals surface area (Å²) in [5.74, 6) is 0.723. The molecule has 0 atom stereocenters. The Bertz CT molecular complexity index is 628. The van der Waals surface area contributed by atoms with Gasteiger partial charge in [-0.3, -0.25) is 4.79 Å².